The van der Waals surface area contributed by atoms with Crippen molar-refractivity contribution in [2.24, 2.45) is 17.3 Å². The van der Waals surface area contributed by atoms with E-state index in [1.807, 2.05) is 6.92 Å². The molecule has 4 atom stereocenters. The molecule has 0 aliphatic heterocycles. The predicted octanol–water partition coefficient (Wildman–Crippen LogP) is 4.10. The minimum Gasteiger partial charge on any atom is -0.458 e. The second-order valence-electron chi connectivity index (χ2n) is 6.23. The van der Waals surface area contributed by atoms with Gasteiger partial charge in [0.05, 0.1) is 0 Å². The van der Waals surface area contributed by atoms with Crippen LogP contribution in [0.4, 0.5) is 0 Å². The summed E-state index contributed by atoms with van der Waals surface area (Å²) in [6.07, 6.45) is 8.71. The number of hydrogen-bond donors (Lipinski definition) is 0. The van der Waals surface area contributed by atoms with Crippen LogP contribution < -0.4 is 0 Å². The molecule has 0 spiro atoms. The molecule has 0 radical (unpaired) electrons. The molecule has 2 aliphatic rings. The van der Waals surface area contributed by atoms with E-state index in [9.17, 15) is 4.79 Å². The van der Waals surface area contributed by atoms with Crippen molar-refractivity contribution < 1.29 is 9.53 Å². The third kappa shape index (κ3) is 2.22. The number of fused-ring (bicyclic) bond motifs is 1. The Bertz CT molecular complexity index is 358. The summed E-state index contributed by atoms with van der Waals surface area (Å²) in [6.45, 7) is 8.22. The first kappa shape index (κ1) is 13.6. The Kier molecular flexibility index (Phi) is 3.84. The SMILES string of the molecule is CC[C@@H]1CCC[C@]2(C)C([C@H](C)OC(C)=O)=CC[C@@H]12. The van der Waals surface area contributed by atoms with E-state index >= 15 is 0 Å². The van der Waals surface area contributed by atoms with Gasteiger partial charge in [0.2, 0.25) is 0 Å². The molecular formula is C16H26O2. The fourth-order valence-corrected chi connectivity index (χ4v) is 4.37. The van der Waals surface area contributed by atoms with Gasteiger partial charge in [-0.05, 0) is 42.6 Å². The number of hydrogen-bond acceptors (Lipinski definition) is 2. The van der Waals surface area contributed by atoms with Gasteiger partial charge in [-0.2, -0.15) is 0 Å². The first-order valence-corrected chi connectivity index (χ1v) is 7.36. The summed E-state index contributed by atoms with van der Waals surface area (Å²) in [5.74, 6) is 1.45. The zero-order chi connectivity index (χ0) is 13.3. The fraction of sp³-hybridized carbons (Fsp3) is 0.812. The van der Waals surface area contributed by atoms with Crippen molar-refractivity contribution >= 4 is 5.97 Å². The van der Waals surface area contributed by atoms with Crippen molar-refractivity contribution in [3.63, 3.8) is 0 Å². The summed E-state index contributed by atoms with van der Waals surface area (Å²) in [5, 5.41) is 0. The van der Waals surface area contributed by atoms with Crippen LogP contribution >= 0.6 is 0 Å². The lowest BCUT2D eigenvalue weighted by atomic mass is 9.61. The number of allylic oxidation sites excluding steroid dienone is 1. The second-order valence-corrected chi connectivity index (χ2v) is 6.23. The van der Waals surface area contributed by atoms with E-state index < -0.39 is 0 Å². The zero-order valence-electron chi connectivity index (χ0n) is 12.2. The molecule has 1 fully saturated rings. The highest BCUT2D eigenvalue weighted by Gasteiger charge is 2.48. The Labute approximate surface area is 111 Å². The lowest BCUT2D eigenvalue weighted by Gasteiger charge is -2.45. The van der Waals surface area contributed by atoms with Crippen LogP contribution in [0.3, 0.4) is 0 Å². The molecule has 102 valence electrons. The van der Waals surface area contributed by atoms with E-state index in [2.05, 4.69) is 19.9 Å². The molecule has 0 aromatic heterocycles. The van der Waals surface area contributed by atoms with Crippen LogP contribution in [0, 0.1) is 17.3 Å². The molecule has 0 heterocycles. The van der Waals surface area contributed by atoms with Crippen LogP contribution in [0.15, 0.2) is 11.6 Å². The van der Waals surface area contributed by atoms with E-state index in [-0.39, 0.29) is 17.5 Å². The van der Waals surface area contributed by atoms with Crippen LogP contribution in [0.2, 0.25) is 0 Å². The molecule has 2 aliphatic carbocycles. The highest BCUT2D eigenvalue weighted by Crippen LogP contribution is 2.56. The Morgan fingerprint density at radius 1 is 1.61 bits per heavy atom. The summed E-state index contributed by atoms with van der Waals surface area (Å²) >= 11 is 0. The molecular weight excluding hydrogens is 224 g/mol. The molecule has 0 amide bonds. The van der Waals surface area contributed by atoms with Gasteiger partial charge in [0.25, 0.3) is 0 Å². The van der Waals surface area contributed by atoms with Gasteiger partial charge in [-0.25, -0.2) is 0 Å². The summed E-state index contributed by atoms with van der Waals surface area (Å²) in [4.78, 5) is 11.1. The lowest BCUT2D eigenvalue weighted by molar-refractivity contribution is -0.144. The summed E-state index contributed by atoms with van der Waals surface area (Å²) in [5.41, 5.74) is 1.65. The Morgan fingerprint density at radius 2 is 2.33 bits per heavy atom. The third-order valence-electron chi connectivity index (χ3n) is 5.21. The predicted molar refractivity (Wildman–Crippen MR) is 73.2 cm³/mol. The molecule has 0 aromatic rings. The lowest BCUT2D eigenvalue weighted by Crippen LogP contribution is -2.38. The number of carbonyl (C=O) groups is 1. The average molecular weight is 250 g/mol. The largest absolute Gasteiger partial charge is 0.458 e. The van der Waals surface area contributed by atoms with Crippen molar-refractivity contribution in [1.29, 1.82) is 0 Å². The molecule has 1 saturated carbocycles. The molecule has 2 heteroatoms. The first-order valence-electron chi connectivity index (χ1n) is 7.36. The quantitative estimate of drug-likeness (QED) is 0.557. The van der Waals surface area contributed by atoms with Crippen LogP contribution in [-0.4, -0.2) is 12.1 Å². The normalized spacial score (nSPS) is 36.8. The number of ether oxygens (including phenoxy) is 1. The number of carbonyl (C=O) groups excluding carboxylic acids is 1. The van der Waals surface area contributed by atoms with Crippen LogP contribution in [-0.2, 0) is 9.53 Å². The average Bonchev–Trinajstić information content (AvgIpc) is 2.64. The Morgan fingerprint density at radius 3 is 2.94 bits per heavy atom. The standard InChI is InChI=1S/C16H26O2/c1-5-13-7-6-10-16(4)14(8-9-15(13)16)11(2)18-12(3)17/h8,11,13,15H,5-7,9-10H2,1-4H3/t11-,13+,15-,16+/m0/s1. The van der Waals surface area contributed by atoms with Gasteiger partial charge in [-0.15, -0.1) is 0 Å². The number of esters is 1. The monoisotopic (exact) mass is 250 g/mol. The van der Waals surface area contributed by atoms with Crippen molar-refractivity contribution in [3.8, 4) is 0 Å². The van der Waals surface area contributed by atoms with Crippen molar-refractivity contribution in [1.82, 2.24) is 0 Å². The van der Waals surface area contributed by atoms with Gasteiger partial charge in [0.1, 0.15) is 6.10 Å². The van der Waals surface area contributed by atoms with E-state index in [0.717, 1.165) is 11.8 Å². The summed E-state index contributed by atoms with van der Waals surface area (Å²) < 4.78 is 5.41. The third-order valence-corrected chi connectivity index (χ3v) is 5.21. The van der Waals surface area contributed by atoms with Gasteiger partial charge in [0.15, 0.2) is 0 Å². The maximum atomic E-state index is 11.1. The van der Waals surface area contributed by atoms with Crippen molar-refractivity contribution in [3.05, 3.63) is 11.6 Å². The Balaban J connectivity index is 2.17. The van der Waals surface area contributed by atoms with Crippen LogP contribution in [0.1, 0.15) is 59.8 Å². The van der Waals surface area contributed by atoms with Crippen LogP contribution in [0.5, 0.6) is 0 Å². The van der Waals surface area contributed by atoms with Gasteiger partial charge in [0, 0.05) is 6.92 Å². The molecule has 2 nitrogen and oxygen atoms in total. The molecule has 2 rings (SSSR count). The van der Waals surface area contributed by atoms with Crippen LogP contribution in [0.25, 0.3) is 0 Å². The molecule has 0 N–H and O–H groups in total. The summed E-state index contributed by atoms with van der Waals surface area (Å²) in [7, 11) is 0. The highest BCUT2D eigenvalue weighted by molar-refractivity contribution is 5.66. The van der Waals surface area contributed by atoms with Gasteiger partial charge in [-0.3, -0.25) is 4.79 Å². The van der Waals surface area contributed by atoms with Gasteiger partial charge < -0.3 is 4.74 Å². The molecule has 0 bridgehead atoms. The molecule has 0 aromatic carbocycles. The van der Waals surface area contributed by atoms with E-state index in [1.54, 1.807) is 0 Å². The van der Waals surface area contributed by atoms with Crippen molar-refractivity contribution in [2.45, 2.75) is 65.9 Å². The summed E-state index contributed by atoms with van der Waals surface area (Å²) in [6, 6.07) is 0. The van der Waals surface area contributed by atoms with Gasteiger partial charge in [-0.1, -0.05) is 39.2 Å². The maximum absolute atomic E-state index is 11.1. The smallest absolute Gasteiger partial charge is 0.303 e. The molecule has 0 saturated heterocycles. The van der Waals surface area contributed by atoms with E-state index in [0.29, 0.717) is 0 Å². The Hall–Kier alpha value is -0.790. The zero-order valence-corrected chi connectivity index (χ0v) is 12.2. The first-order chi connectivity index (χ1) is 8.49. The minimum absolute atomic E-state index is 0.0480. The second kappa shape index (κ2) is 5.07. The minimum atomic E-state index is -0.168. The molecule has 18 heavy (non-hydrogen) atoms. The van der Waals surface area contributed by atoms with Crippen molar-refractivity contribution in [2.75, 3.05) is 0 Å². The maximum Gasteiger partial charge on any atom is 0.303 e. The molecule has 0 unspecified atom stereocenters. The fourth-order valence-electron chi connectivity index (χ4n) is 4.37. The number of rotatable bonds is 3. The van der Waals surface area contributed by atoms with E-state index in [1.165, 1.54) is 44.6 Å². The van der Waals surface area contributed by atoms with Gasteiger partial charge >= 0.3 is 5.97 Å². The van der Waals surface area contributed by atoms with E-state index in [4.69, 9.17) is 4.74 Å². The highest BCUT2D eigenvalue weighted by atomic mass is 16.5. The topological polar surface area (TPSA) is 26.3 Å².